The Bertz CT molecular complexity index is 2420. The number of fused-ring (bicyclic) bond motifs is 6. The average molecular weight is 549 g/mol. The van der Waals surface area contributed by atoms with Gasteiger partial charge in [-0.2, -0.15) is 0 Å². The van der Waals surface area contributed by atoms with Gasteiger partial charge in [0.15, 0.2) is 0 Å². The maximum atomic E-state index is 6.77. The molecule has 1 heterocycles. The Morgan fingerprint density at radius 2 is 0.977 bits per heavy atom. The quantitative estimate of drug-likeness (QED) is 0.200. The molecule has 7 aromatic carbocycles. The summed E-state index contributed by atoms with van der Waals surface area (Å²) >= 11 is 0. The van der Waals surface area contributed by atoms with Crippen LogP contribution in [0.1, 0.15) is 18.4 Å². The molecule has 0 bridgehead atoms. The fourth-order valence-electron chi connectivity index (χ4n) is 7.17. The van der Waals surface area contributed by atoms with Crippen molar-refractivity contribution in [3.8, 4) is 22.3 Å². The van der Waals surface area contributed by atoms with Crippen molar-refractivity contribution >= 4 is 54.9 Å². The molecule has 8 aromatic rings. The molecule has 0 N–H and O–H groups in total. The molecule has 1 aliphatic rings. The summed E-state index contributed by atoms with van der Waals surface area (Å²) in [7, 11) is 0. The third kappa shape index (κ3) is 3.78. The van der Waals surface area contributed by atoms with Crippen LogP contribution in [0.5, 0.6) is 0 Å². The minimum atomic E-state index is 0.950. The summed E-state index contributed by atoms with van der Waals surface area (Å²) in [4.78, 5) is 0. The lowest BCUT2D eigenvalue weighted by atomic mass is 9.83. The minimum Gasteiger partial charge on any atom is -0.456 e. The third-order valence-electron chi connectivity index (χ3n) is 9.13. The van der Waals surface area contributed by atoms with Gasteiger partial charge in [-0.15, -0.1) is 0 Å². The highest BCUT2D eigenvalue weighted by Gasteiger charge is 2.21. The molecule has 0 fully saturated rings. The maximum absolute atomic E-state index is 6.77. The topological polar surface area (TPSA) is 13.1 Å². The van der Waals surface area contributed by atoms with E-state index in [1.165, 1.54) is 76.3 Å². The first-order valence-corrected chi connectivity index (χ1v) is 15.1. The zero-order valence-corrected chi connectivity index (χ0v) is 23.7. The first-order chi connectivity index (χ1) is 21.3. The van der Waals surface area contributed by atoms with Crippen LogP contribution in [0.25, 0.3) is 77.2 Å². The summed E-state index contributed by atoms with van der Waals surface area (Å²) in [6.07, 6.45) is 4.31. The molecule has 9 rings (SSSR count). The molecule has 0 saturated heterocycles. The van der Waals surface area contributed by atoms with Crippen molar-refractivity contribution in [1.29, 1.82) is 0 Å². The minimum absolute atomic E-state index is 0.950. The molecular formula is C42H28O. The molecule has 0 radical (unpaired) electrons. The van der Waals surface area contributed by atoms with Gasteiger partial charge in [-0.3, -0.25) is 0 Å². The predicted molar refractivity (Wildman–Crippen MR) is 182 cm³/mol. The van der Waals surface area contributed by atoms with E-state index in [0.29, 0.717) is 0 Å². The van der Waals surface area contributed by atoms with Crippen molar-refractivity contribution < 1.29 is 4.42 Å². The lowest BCUT2D eigenvalue weighted by molar-refractivity contribution is 0.569. The second-order valence-electron chi connectivity index (χ2n) is 11.5. The highest BCUT2D eigenvalue weighted by molar-refractivity contribution is 6.18. The van der Waals surface area contributed by atoms with E-state index in [9.17, 15) is 0 Å². The number of hydrogen-bond acceptors (Lipinski definition) is 1. The van der Waals surface area contributed by atoms with Gasteiger partial charge in [-0.25, -0.2) is 0 Å². The first kappa shape index (κ1) is 24.2. The Morgan fingerprint density at radius 1 is 0.442 bits per heavy atom. The summed E-state index contributed by atoms with van der Waals surface area (Å²) < 4.78 is 6.77. The van der Waals surface area contributed by atoms with Crippen LogP contribution in [0.15, 0.2) is 144 Å². The lowest BCUT2D eigenvalue weighted by Gasteiger charge is -2.19. The molecule has 1 aliphatic carbocycles. The number of benzene rings is 7. The van der Waals surface area contributed by atoms with Crippen molar-refractivity contribution in [3.63, 3.8) is 0 Å². The van der Waals surface area contributed by atoms with E-state index in [1.54, 1.807) is 0 Å². The number of hydrogen-bond donors (Lipinski definition) is 0. The van der Waals surface area contributed by atoms with Crippen molar-refractivity contribution in [1.82, 2.24) is 0 Å². The van der Waals surface area contributed by atoms with Gasteiger partial charge in [0, 0.05) is 16.2 Å². The zero-order chi connectivity index (χ0) is 28.3. The molecule has 0 amide bonds. The fourth-order valence-corrected chi connectivity index (χ4v) is 7.17. The van der Waals surface area contributed by atoms with Gasteiger partial charge in [0.05, 0.1) is 0 Å². The SMILES string of the molecule is C1=c2c(oc3cc4ccccc4cc23)=C(c2c3ccccc3c(-c3ccc(-c4ccccc4)cc3)c3ccccc23)CC1. The normalized spacial score (nSPS) is 13.1. The molecule has 1 nitrogen and oxygen atoms in total. The molecule has 1 heteroatoms. The standard InChI is InChI=1S/C42H28O/c1-2-11-27(12-3-1)28-21-23-29(24-22-28)40-32-15-6-8-17-34(32)41(35-18-9-7-16-33(35)40)37-20-10-19-36-38-25-30-13-4-5-14-31(30)26-39(38)43-42(36)37/h1-9,11-19,21-26H,10,20H2. The van der Waals surface area contributed by atoms with Crippen LogP contribution in [0.2, 0.25) is 0 Å². The van der Waals surface area contributed by atoms with Crippen molar-refractivity contribution in [3.05, 3.63) is 156 Å². The number of rotatable bonds is 3. The monoisotopic (exact) mass is 548 g/mol. The second kappa shape index (κ2) is 9.58. The van der Waals surface area contributed by atoms with Gasteiger partial charge in [-0.05, 0) is 85.1 Å². The van der Waals surface area contributed by atoms with Gasteiger partial charge in [0.25, 0.3) is 0 Å². The van der Waals surface area contributed by atoms with Crippen molar-refractivity contribution in [2.45, 2.75) is 12.8 Å². The summed E-state index contributed by atoms with van der Waals surface area (Å²) in [5.74, 6) is 0. The van der Waals surface area contributed by atoms with E-state index in [2.05, 4.69) is 146 Å². The summed E-state index contributed by atoms with van der Waals surface area (Å²) in [5, 5.41) is 9.99. The molecule has 43 heavy (non-hydrogen) atoms. The summed E-state index contributed by atoms with van der Waals surface area (Å²) in [5.41, 5.74) is 9.57. The van der Waals surface area contributed by atoms with Crippen LogP contribution in [-0.4, -0.2) is 0 Å². The largest absolute Gasteiger partial charge is 0.456 e. The van der Waals surface area contributed by atoms with Crippen LogP contribution in [0.3, 0.4) is 0 Å². The summed E-state index contributed by atoms with van der Waals surface area (Å²) in [6, 6.07) is 50.5. The number of furan rings is 1. The highest BCUT2D eigenvalue weighted by atomic mass is 16.3. The Balaban J connectivity index is 1.34. The third-order valence-corrected chi connectivity index (χ3v) is 9.13. The Kier molecular flexibility index (Phi) is 5.39. The zero-order valence-electron chi connectivity index (χ0n) is 23.7. The van der Waals surface area contributed by atoms with Crippen molar-refractivity contribution in [2.75, 3.05) is 0 Å². The molecular weight excluding hydrogens is 520 g/mol. The van der Waals surface area contributed by atoms with E-state index < -0.39 is 0 Å². The maximum Gasteiger partial charge on any atom is 0.138 e. The smallest absolute Gasteiger partial charge is 0.138 e. The lowest BCUT2D eigenvalue weighted by Crippen LogP contribution is -2.26. The molecule has 0 saturated carbocycles. The van der Waals surface area contributed by atoms with Gasteiger partial charge < -0.3 is 4.42 Å². The van der Waals surface area contributed by atoms with Crippen LogP contribution < -0.4 is 10.6 Å². The highest BCUT2D eigenvalue weighted by Crippen LogP contribution is 2.42. The molecule has 0 atom stereocenters. The predicted octanol–water partition coefficient (Wildman–Crippen LogP) is 10.00. The van der Waals surface area contributed by atoms with Crippen LogP contribution in [0.4, 0.5) is 0 Å². The van der Waals surface area contributed by atoms with E-state index in [1.807, 2.05) is 0 Å². The first-order valence-electron chi connectivity index (χ1n) is 15.1. The molecule has 0 aliphatic heterocycles. The van der Waals surface area contributed by atoms with Gasteiger partial charge in [-0.1, -0.05) is 133 Å². The molecule has 1 aromatic heterocycles. The Hall–Kier alpha value is -5.40. The fraction of sp³-hybridized carbons (Fsp3) is 0.0476. The van der Waals surface area contributed by atoms with Crippen LogP contribution in [0, 0.1) is 0 Å². The van der Waals surface area contributed by atoms with Gasteiger partial charge in [0.1, 0.15) is 11.0 Å². The van der Waals surface area contributed by atoms with Gasteiger partial charge >= 0.3 is 0 Å². The molecule has 0 unspecified atom stereocenters. The van der Waals surface area contributed by atoms with E-state index in [-0.39, 0.29) is 0 Å². The van der Waals surface area contributed by atoms with Crippen LogP contribution >= 0.6 is 0 Å². The second-order valence-corrected chi connectivity index (χ2v) is 11.5. The molecule has 0 spiro atoms. The van der Waals surface area contributed by atoms with E-state index in [0.717, 1.165) is 23.8 Å². The van der Waals surface area contributed by atoms with E-state index >= 15 is 0 Å². The Labute approximate surface area is 249 Å². The van der Waals surface area contributed by atoms with Crippen molar-refractivity contribution in [2.24, 2.45) is 0 Å². The van der Waals surface area contributed by atoms with E-state index in [4.69, 9.17) is 4.42 Å². The Morgan fingerprint density at radius 3 is 1.65 bits per heavy atom. The van der Waals surface area contributed by atoms with Gasteiger partial charge in [0.2, 0.25) is 0 Å². The average Bonchev–Trinajstić information content (AvgIpc) is 3.44. The summed E-state index contributed by atoms with van der Waals surface area (Å²) in [6.45, 7) is 0. The van der Waals surface area contributed by atoms with Crippen LogP contribution in [-0.2, 0) is 0 Å². The molecule has 202 valence electrons.